The summed E-state index contributed by atoms with van der Waals surface area (Å²) in [5.41, 5.74) is 6.67. The number of anilines is 1. The van der Waals surface area contributed by atoms with Crippen molar-refractivity contribution in [3.8, 4) is 0 Å². The van der Waals surface area contributed by atoms with Gasteiger partial charge in [0.15, 0.2) is 0 Å². The van der Waals surface area contributed by atoms with Crippen molar-refractivity contribution in [3.63, 3.8) is 0 Å². The van der Waals surface area contributed by atoms with E-state index in [2.05, 4.69) is 41.7 Å². The number of alkyl halides is 1. The Labute approximate surface area is 113 Å². The van der Waals surface area contributed by atoms with E-state index < -0.39 is 0 Å². The molecule has 1 nitrogen and oxygen atoms in total. The van der Waals surface area contributed by atoms with Crippen LogP contribution in [0.4, 0.5) is 5.69 Å². The van der Waals surface area contributed by atoms with Crippen molar-refractivity contribution in [3.05, 3.63) is 64.7 Å². The fourth-order valence-corrected chi connectivity index (χ4v) is 2.81. The lowest BCUT2D eigenvalue weighted by Crippen LogP contribution is -1.94. The third-order valence-electron chi connectivity index (χ3n) is 3.54. The molecule has 1 heterocycles. The molecule has 0 aliphatic carbocycles. The van der Waals surface area contributed by atoms with Crippen LogP contribution < -0.4 is 5.32 Å². The van der Waals surface area contributed by atoms with Gasteiger partial charge in [0.2, 0.25) is 0 Å². The summed E-state index contributed by atoms with van der Waals surface area (Å²) in [6.45, 7) is 1.07. The highest BCUT2D eigenvalue weighted by Crippen LogP contribution is 2.25. The van der Waals surface area contributed by atoms with E-state index in [0.29, 0.717) is 5.88 Å². The van der Waals surface area contributed by atoms with E-state index in [1.165, 1.54) is 27.9 Å². The molecule has 0 saturated heterocycles. The summed E-state index contributed by atoms with van der Waals surface area (Å²) in [5.74, 6) is 0.586. The van der Waals surface area contributed by atoms with E-state index in [1.54, 1.807) is 0 Å². The quantitative estimate of drug-likeness (QED) is 0.820. The summed E-state index contributed by atoms with van der Waals surface area (Å²) in [5, 5.41) is 3.39. The summed E-state index contributed by atoms with van der Waals surface area (Å²) in [6, 6.07) is 15.1. The first kappa shape index (κ1) is 11.6. The molecule has 1 aliphatic rings. The Morgan fingerprint density at radius 2 is 1.89 bits per heavy atom. The van der Waals surface area contributed by atoms with Gasteiger partial charge >= 0.3 is 0 Å². The fraction of sp³-hybridized carbons (Fsp3) is 0.250. The molecule has 2 aromatic carbocycles. The highest BCUT2D eigenvalue weighted by molar-refractivity contribution is 6.17. The third-order valence-corrected chi connectivity index (χ3v) is 3.82. The molecular formula is C16H16ClN. The van der Waals surface area contributed by atoms with Crippen LogP contribution in [0.1, 0.15) is 22.3 Å². The molecule has 2 heteroatoms. The van der Waals surface area contributed by atoms with Gasteiger partial charge < -0.3 is 5.32 Å². The molecule has 1 N–H and O–H groups in total. The van der Waals surface area contributed by atoms with Crippen molar-refractivity contribution in [2.24, 2.45) is 0 Å². The van der Waals surface area contributed by atoms with E-state index in [0.717, 1.165) is 19.4 Å². The van der Waals surface area contributed by atoms with Crippen molar-refractivity contribution < 1.29 is 0 Å². The van der Waals surface area contributed by atoms with Crippen LogP contribution >= 0.6 is 11.6 Å². The van der Waals surface area contributed by atoms with Gasteiger partial charge in [0.25, 0.3) is 0 Å². The first-order chi connectivity index (χ1) is 8.86. The lowest BCUT2D eigenvalue weighted by molar-refractivity contribution is 1.09. The van der Waals surface area contributed by atoms with Crippen LogP contribution in [0.15, 0.2) is 42.5 Å². The molecule has 0 unspecified atom stereocenters. The minimum absolute atomic E-state index is 0.586. The first-order valence-corrected chi connectivity index (χ1v) is 6.88. The van der Waals surface area contributed by atoms with Crippen molar-refractivity contribution in [1.82, 2.24) is 0 Å². The molecule has 1 aliphatic heterocycles. The highest BCUT2D eigenvalue weighted by Gasteiger charge is 2.10. The van der Waals surface area contributed by atoms with Gasteiger partial charge in [-0.05, 0) is 41.2 Å². The van der Waals surface area contributed by atoms with E-state index >= 15 is 0 Å². The molecule has 0 fully saturated rings. The standard InChI is InChI=1S/C16H16ClN/c17-11-15-4-2-1-3-13(15)9-12-5-6-16-14(10-12)7-8-18-16/h1-6,10,18H,7-9,11H2. The predicted molar refractivity (Wildman–Crippen MR) is 77.4 cm³/mol. The SMILES string of the molecule is ClCc1ccccc1Cc1ccc2c(c1)CCN2. The number of benzene rings is 2. The Balaban J connectivity index is 1.88. The van der Waals surface area contributed by atoms with Crippen LogP contribution in [0, 0.1) is 0 Å². The molecular weight excluding hydrogens is 242 g/mol. The number of halogens is 1. The molecule has 3 rings (SSSR count). The number of fused-ring (bicyclic) bond motifs is 1. The first-order valence-electron chi connectivity index (χ1n) is 6.35. The molecule has 0 aromatic heterocycles. The maximum Gasteiger partial charge on any atom is 0.0476 e. The maximum absolute atomic E-state index is 5.98. The molecule has 0 atom stereocenters. The van der Waals surface area contributed by atoms with E-state index in [1.807, 2.05) is 6.07 Å². The smallest absolute Gasteiger partial charge is 0.0476 e. The summed E-state index contributed by atoms with van der Waals surface area (Å²) in [4.78, 5) is 0. The van der Waals surface area contributed by atoms with E-state index in [-0.39, 0.29) is 0 Å². The van der Waals surface area contributed by atoms with Gasteiger partial charge in [-0.3, -0.25) is 0 Å². The molecule has 2 aromatic rings. The lowest BCUT2D eigenvalue weighted by atomic mass is 9.98. The summed E-state index contributed by atoms with van der Waals surface area (Å²) in [7, 11) is 0. The Morgan fingerprint density at radius 3 is 2.72 bits per heavy atom. The van der Waals surface area contributed by atoms with Gasteiger partial charge in [-0.2, -0.15) is 0 Å². The Morgan fingerprint density at radius 1 is 1.06 bits per heavy atom. The van der Waals surface area contributed by atoms with Gasteiger partial charge in [0.1, 0.15) is 0 Å². The molecule has 0 saturated carbocycles. The van der Waals surface area contributed by atoms with Crippen LogP contribution in [0.3, 0.4) is 0 Å². The van der Waals surface area contributed by atoms with E-state index in [4.69, 9.17) is 11.6 Å². The zero-order valence-corrected chi connectivity index (χ0v) is 11.0. The highest BCUT2D eigenvalue weighted by atomic mass is 35.5. The second-order valence-corrected chi connectivity index (χ2v) is 5.01. The van der Waals surface area contributed by atoms with Gasteiger partial charge in [0, 0.05) is 18.1 Å². The normalized spacial score (nSPS) is 13.2. The molecule has 0 bridgehead atoms. The minimum atomic E-state index is 0.586. The molecule has 0 spiro atoms. The Kier molecular flexibility index (Phi) is 3.24. The Hall–Kier alpha value is -1.47. The monoisotopic (exact) mass is 257 g/mol. The second kappa shape index (κ2) is 5.03. The lowest BCUT2D eigenvalue weighted by Gasteiger charge is -2.08. The average molecular weight is 258 g/mol. The number of hydrogen-bond donors (Lipinski definition) is 1. The van der Waals surface area contributed by atoms with Crippen molar-refractivity contribution >= 4 is 17.3 Å². The molecule has 18 heavy (non-hydrogen) atoms. The average Bonchev–Trinajstić information content (AvgIpc) is 2.87. The zero-order chi connectivity index (χ0) is 12.4. The molecule has 0 radical (unpaired) electrons. The van der Waals surface area contributed by atoms with Crippen LogP contribution in [0.5, 0.6) is 0 Å². The predicted octanol–water partition coefficient (Wildman–Crippen LogP) is 3.98. The Bertz CT molecular complexity index is 563. The molecule has 0 amide bonds. The van der Waals surface area contributed by atoms with Crippen LogP contribution in [-0.4, -0.2) is 6.54 Å². The zero-order valence-electron chi connectivity index (χ0n) is 10.2. The summed E-state index contributed by atoms with van der Waals surface area (Å²) in [6.07, 6.45) is 2.11. The van der Waals surface area contributed by atoms with Crippen LogP contribution in [-0.2, 0) is 18.7 Å². The largest absolute Gasteiger partial charge is 0.384 e. The van der Waals surface area contributed by atoms with Gasteiger partial charge in [0.05, 0.1) is 0 Å². The van der Waals surface area contributed by atoms with Crippen LogP contribution in [0.2, 0.25) is 0 Å². The topological polar surface area (TPSA) is 12.0 Å². The minimum Gasteiger partial charge on any atom is -0.384 e. The van der Waals surface area contributed by atoms with Crippen LogP contribution in [0.25, 0.3) is 0 Å². The maximum atomic E-state index is 5.98. The second-order valence-electron chi connectivity index (χ2n) is 4.75. The summed E-state index contributed by atoms with van der Waals surface area (Å²) < 4.78 is 0. The van der Waals surface area contributed by atoms with Gasteiger partial charge in [-0.15, -0.1) is 11.6 Å². The van der Waals surface area contributed by atoms with Gasteiger partial charge in [-0.1, -0.05) is 36.4 Å². The number of nitrogens with one attached hydrogen (secondary N) is 1. The van der Waals surface area contributed by atoms with Crippen molar-refractivity contribution in [2.75, 3.05) is 11.9 Å². The van der Waals surface area contributed by atoms with E-state index in [9.17, 15) is 0 Å². The number of rotatable bonds is 3. The van der Waals surface area contributed by atoms with Gasteiger partial charge in [-0.25, -0.2) is 0 Å². The third kappa shape index (κ3) is 2.23. The van der Waals surface area contributed by atoms with Crippen molar-refractivity contribution in [1.29, 1.82) is 0 Å². The molecule has 92 valence electrons. The summed E-state index contributed by atoms with van der Waals surface area (Å²) >= 11 is 5.98. The van der Waals surface area contributed by atoms with Crippen molar-refractivity contribution in [2.45, 2.75) is 18.7 Å². The fourth-order valence-electron chi connectivity index (χ4n) is 2.55. The number of hydrogen-bond acceptors (Lipinski definition) is 1.